The molecule has 1 N–H and O–H groups in total. The van der Waals surface area contributed by atoms with Crippen LogP contribution in [-0.4, -0.2) is 11.2 Å². The van der Waals surface area contributed by atoms with Gasteiger partial charge in [-0.25, -0.2) is 0 Å². The monoisotopic (exact) mass is 313 g/mol. The van der Waals surface area contributed by atoms with Gasteiger partial charge < -0.3 is 5.32 Å². The maximum absolute atomic E-state index is 12.5. The van der Waals surface area contributed by atoms with Crippen molar-refractivity contribution in [2.45, 2.75) is 43.8 Å². The maximum atomic E-state index is 12.5. The summed E-state index contributed by atoms with van der Waals surface area (Å²) in [6.45, 7) is 8.58. The number of rotatable bonds is 5. The predicted molar refractivity (Wildman–Crippen MR) is 95.9 cm³/mol. The Morgan fingerprint density at radius 1 is 0.955 bits per heavy atom. The summed E-state index contributed by atoms with van der Waals surface area (Å²) in [6, 6.07) is 15.8. The number of hydrogen-bond donors (Lipinski definition) is 1. The summed E-state index contributed by atoms with van der Waals surface area (Å²) < 4.78 is 0. The van der Waals surface area contributed by atoms with Crippen molar-refractivity contribution < 1.29 is 4.79 Å². The number of amides is 1. The highest BCUT2D eigenvalue weighted by atomic mass is 32.2. The molecule has 2 nitrogen and oxygen atoms in total. The van der Waals surface area contributed by atoms with E-state index in [-0.39, 0.29) is 5.91 Å². The lowest BCUT2D eigenvalue weighted by Gasteiger charge is -2.12. The van der Waals surface area contributed by atoms with E-state index in [0.29, 0.717) is 11.2 Å². The SMILES string of the molecule is CC(C)Sc1ccccc1C(=O)Nc1ccc(C(C)C)cc1. The first-order valence-corrected chi connectivity index (χ1v) is 8.52. The van der Waals surface area contributed by atoms with Crippen LogP contribution in [0.3, 0.4) is 0 Å². The third kappa shape index (κ3) is 4.38. The van der Waals surface area contributed by atoms with E-state index in [4.69, 9.17) is 0 Å². The molecule has 0 bridgehead atoms. The number of thioether (sulfide) groups is 1. The van der Waals surface area contributed by atoms with E-state index in [1.807, 2.05) is 36.4 Å². The molecule has 0 radical (unpaired) electrons. The molecule has 0 fully saturated rings. The largest absolute Gasteiger partial charge is 0.322 e. The number of carbonyl (C=O) groups is 1. The Kier molecular flexibility index (Phi) is 5.67. The first-order chi connectivity index (χ1) is 10.5. The van der Waals surface area contributed by atoms with Gasteiger partial charge >= 0.3 is 0 Å². The van der Waals surface area contributed by atoms with E-state index in [1.165, 1.54) is 5.56 Å². The minimum absolute atomic E-state index is 0.0546. The smallest absolute Gasteiger partial charge is 0.256 e. The standard InChI is InChI=1S/C19H23NOS/c1-13(2)15-9-11-16(12-10-15)20-19(21)17-7-5-6-8-18(17)22-14(3)4/h5-14H,1-4H3,(H,20,21). The van der Waals surface area contributed by atoms with Crippen LogP contribution in [0.4, 0.5) is 5.69 Å². The average molecular weight is 313 g/mol. The van der Waals surface area contributed by atoms with Gasteiger partial charge in [-0.2, -0.15) is 0 Å². The second-order valence-corrected chi connectivity index (χ2v) is 7.51. The third-order valence-electron chi connectivity index (χ3n) is 3.33. The summed E-state index contributed by atoms with van der Waals surface area (Å²) in [4.78, 5) is 13.5. The van der Waals surface area contributed by atoms with Crippen molar-refractivity contribution in [3.63, 3.8) is 0 Å². The topological polar surface area (TPSA) is 29.1 Å². The Bertz CT molecular complexity index is 632. The zero-order valence-corrected chi connectivity index (χ0v) is 14.4. The molecule has 3 heteroatoms. The molecule has 0 saturated carbocycles. The van der Waals surface area contributed by atoms with E-state index in [2.05, 4.69) is 45.1 Å². The molecule has 2 aromatic rings. The fourth-order valence-corrected chi connectivity index (χ4v) is 3.11. The zero-order valence-electron chi connectivity index (χ0n) is 13.6. The molecule has 0 heterocycles. The normalized spacial score (nSPS) is 11.0. The zero-order chi connectivity index (χ0) is 16.1. The van der Waals surface area contributed by atoms with Crippen LogP contribution in [0.25, 0.3) is 0 Å². The van der Waals surface area contributed by atoms with Gasteiger partial charge in [-0.15, -0.1) is 11.8 Å². The maximum Gasteiger partial charge on any atom is 0.256 e. The lowest BCUT2D eigenvalue weighted by molar-refractivity contribution is 0.102. The number of nitrogens with one attached hydrogen (secondary N) is 1. The number of carbonyl (C=O) groups excluding carboxylic acids is 1. The van der Waals surface area contributed by atoms with E-state index in [9.17, 15) is 4.79 Å². The molecule has 2 aromatic carbocycles. The number of anilines is 1. The van der Waals surface area contributed by atoms with Crippen LogP contribution in [0.5, 0.6) is 0 Å². The molecule has 0 aliphatic heterocycles. The first-order valence-electron chi connectivity index (χ1n) is 7.64. The van der Waals surface area contributed by atoms with Crippen molar-refractivity contribution in [1.29, 1.82) is 0 Å². The van der Waals surface area contributed by atoms with Gasteiger partial charge in [-0.3, -0.25) is 4.79 Å². The lowest BCUT2D eigenvalue weighted by Crippen LogP contribution is -2.13. The molecule has 0 aliphatic rings. The van der Waals surface area contributed by atoms with Crippen molar-refractivity contribution in [3.05, 3.63) is 59.7 Å². The predicted octanol–water partition coefficient (Wildman–Crippen LogP) is 5.56. The van der Waals surface area contributed by atoms with Crippen molar-refractivity contribution in [3.8, 4) is 0 Å². The van der Waals surface area contributed by atoms with Gasteiger partial charge in [0.2, 0.25) is 0 Å². The Labute approximate surface area is 137 Å². The molecule has 2 rings (SSSR count). The van der Waals surface area contributed by atoms with Crippen LogP contribution in [0.2, 0.25) is 0 Å². The number of hydrogen-bond acceptors (Lipinski definition) is 2. The quantitative estimate of drug-likeness (QED) is 0.732. The Balaban J connectivity index is 2.15. The summed E-state index contributed by atoms with van der Waals surface area (Å²) in [6.07, 6.45) is 0. The first kappa shape index (κ1) is 16.6. The second-order valence-electron chi connectivity index (χ2n) is 5.89. The van der Waals surface area contributed by atoms with Gasteiger partial charge in [-0.1, -0.05) is 52.0 Å². The molecule has 116 valence electrons. The Morgan fingerprint density at radius 2 is 1.59 bits per heavy atom. The van der Waals surface area contributed by atoms with Crippen molar-refractivity contribution in [2.24, 2.45) is 0 Å². The highest BCUT2D eigenvalue weighted by Crippen LogP contribution is 2.27. The molecule has 0 unspecified atom stereocenters. The molecular formula is C19H23NOS. The summed E-state index contributed by atoms with van der Waals surface area (Å²) in [5.41, 5.74) is 2.83. The van der Waals surface area contributed by atoms with Gasteiger partial charge in [0, 0.05) is 15.8 Å². The molecule has 0 spiro atoms. The molecule has 0 aliphatic carbocycles. The van der Waals surface area contributed by atoms with E-state index in [1.54, 1.807) is 11.8 Å². The molecular weight excluding hydrogens is 290 g/mol. The summed E-state index contributed by atoms with van der Waals surface area (Å²) >= 11 is 1.71. The van der Waals surface area contributed by atoms with Gasteiger partial charge in [0.15, 0.2) is 0 Å². The van der Waals surface area contributed by atoms with Crippen LogP contribution in [0.15, 0.2) is 53.4 Å². The summed E-state index contributed by atoms with van der Waals surface area (Å²) in [5.74, 6) is 0.439. The van der Waals surface area contributed by atoms with Crippen LogP contribution in [0.1, 0.15) is 49.5 Å². The second kappa shape index (κ2) is 7.50. The molecule has 22 heavy (non-hydrogen) atoms. The van der Waals surface area contributed by atoms with Crippen LogP contribution < -0.4 is 5.32 Å². The van der Waals surface area contributed by atoms with Gasteiger partial charge in [0.25, 0.3) is 5.91 Å². The van der Waals surface area contributed by atoms with Crippen LogP contribution >= 0.6 is 11.8 Å². The van der Waals surface area contributed by atoms with E-state index >= 15 is 0 Å². The van der Waals surface area contributed by atoms with Crippen molar-refractivity contribution in [1.82, 2.24) is 0 Å². The van der Waals surface area contributed by atoms with Crippen LogP contribution in [0, 0.1) is 0 Å². The Hall–Kier alpha value is -1.74. The summed E-state index contributed by atoms with van der Waals surface area (Å²) in [7, 11) is 0. The Morgan fingerprint density at radius 3 is 2.18 bits per heavy atom. The molecule has 1 amide bonds. The minimum atomic E-state index is -0.0546. The van der Waals surface area contributed by atoms with E-state index in [0.717, 1.165) is 16.1 Å². The average Bonchev–Trinajstić information content (AvgIpc) is 2.47. The molecule has 0 saturated heterocycles. The fourth-order valence-electron chi connectivity index (χ4n) is 2.16. The van der Waals surface area contributed by atoms with Gasteiger partial charge in [-0.05, 0) is 35.7 Å². The fraction of sp³-hybridized carbons (Fsp3) is 0.316. The summed E-state index contributed by atoms with van der Waals surface area (Å²) in [5, 5.41) is 3.43. The highest BCUT2D eigenvalue weighted by molar-refractivity contribution is 8.00. The van der Waals surface area contributed by atoms with Crippen molar-refractivity contribution >= 4 is 23.4 Å². The van der Waals surface area contributed by atoms with Crippen LogP contribution in [-0.2, 0) is 0 Å². The minimum Gasteiger partial charge on any atom is -0.322 e. The lowest BCUT2D eigenvalue weighted by atomic mass is 10.0. The van der Waals surface area contributed by atoms with Gasteiger partial charge in [0.1, 0.15) is 0 Å². The van der Waals surface area contributed by atoms with Crippen molar-refractivity contribution in [2.75, 3.05) is 5.32 Å². The van der Waals surface area contributed by atoms with E-state index < -0.39 is 0 Å². The number of benzene rings is 2. The van der Waals surface area contributed by atoms with Gasteiger partial charge in [0.05, 0.1) is 5.56 Å². The highest BCUT2D eigenvalue weighted by Gasteiger charge is 2.12. The molecule has 0 aromatic heterocycles. The molecule has 0 atom stereocenters. The third-order valence-corrected chi connectivity index (χ3v) is 4.41.